The topological polar surface area (TPSA) is 91.4 Å². The lowest BCUT2D eigenvalue weighted by Crippen LogP contribution is -2.38. The number of ether oxygens (including phenoxy) is 2. The lowest BCUT2D eigenvalue weighted by Gasteiger charge is -2.12. The van der Waals surface area contributed by atoms with Crippen LogP contribution in [0.3, 0.4) is 0 Å². The standard InChI is InChI=1S/C22H28N4O3/c1-3-28-12-11-26-20-13-18(29-15-17-7-5-4-6-8-17)9-10-19(20)25-21(26)14-24-22(27)16(2)23/h4-10,13,16H,3,11-12,14-15,23H2,1-2H3,(H,24,27)/t16-/m0/s1. The molecule has 2 aromatic carbocycles. The van der Waals surface area contributed by atoms with Crippen molar-refractivity contribution in [3.05, 3.63) is 59.9 Å². The van der Waals surface area contributed by atoms with Crippen molar-refractivity contribution in [2.24, 2.45) is 5.73 Å². The summed E-state index contributed by atoms with van der Waals surface area (Å²) in [5, 5.41) is 2.83. The zero-order valence-electron chi connectivity index (χ0n) is 16.9. The van der Waals surface area contributed by atoms with Crippen LogP contribution in [-0.4, -0.2) is 34.7 Å². The van der Waals surface area contributed by atoms with E-state index in [9.17, 15) is 4.79 Å². The summed E-state index contributed by atoms with van der Waals surface area (Å²) >= 11 is 0. The second kappa shape index (κ2) is 10.0. The maximum Gasteiger partial charge on any atom is 0.237 e. The number of hydrogen-bond donors (Lipinski definition) is 2. The Bertz CT molecular complexity index is 938. The highest BCUT2D eigenvalue weighted by Crippen LogP contribution is 2.23. The molecular formula is C22H28N4O3. The van der Waals surface area contributed by atoms with Crippen molar-refractivity contribution in [3.8, 4) is 5.75 Å². The molecule has 0 aliphatic carbocycles. The molecule has 154 valence electrons. The predicted octanol–water partition coefficient (Wildman–Crippen LogP) is 2.62. The van der Waals surface area contributed by atoms with Crippen LogP contribution in [0, 0.1) is 0 Å². The number of hydrogen-bond acceptors (Lipinski definition) is 5. The van der Waals surface area contributed by atoms with Crippen LogP contribution in [0.15, 0.2) is 48.5 Å². The zero-order valence-corrected chi connectivity index (χ0v) is 16.9. The SMILES string of the molecule is CCOCCn1c(CNC(=O)[C@H](C)N)nc2ccc(OCc3ccccc3)cc21. The van der Waals surface area contributed by atoms with Gasteiger partial charge in [0.2, 0.25) is 5.91 Å². The van der Waals surface area contributed by atoms with Crippen LogP contribution in [0.1, 0.15) is 25.2 Å². The van der Waals surface area contributed by atoms with Gasteiger partial charge < -0.3 is 25.1 Å². The van der Waals surface area contributed by atoms with E-state index in [1.165, 1.54) is 0 Å². The molecule has 1 amide bonds. The van der Waals surface area contributed by atoms with Crippen LogP contribution < -0.4 is 15.8 Å². The molecule has 1 heterocycles. The van der Waals surface area contributed by atoms with Crippen molar-refractivity contribution in [1.29, 1.82) is 0 Å². The van der Waals surface area contributed by atoms with Crippen LogP contribution in [0.2, 0.25) is 0 Å². The van der Waals surface area contributed by atoms with E-state index in [1.807, 2.05) is 55.5 Å². The molecule has 1 aromatic heterocycles. The molecule has 0 saturated heterocycles. The van der Waals surface area contributed by atoms with Crippen molar-refractivity contribution < 1.29 is 14.3 Å². The van der Waals surface area contributed by atoms with Gasteiger partial charge in [-0.1, -0.05) is 30.3 Å². The van der Waals surface area contributed by atoms with Crippen LogP contribution >= 0.6 is 0 Å². The van der Waals surface area contributed by atoms with Gasteiger partial charge in [0.25, 0.3) is 0 Å². The van der Waals surface area contributed by atoms with Gasteiger partial charge in [-0.05, 0) is 31.5 Å². The molecule has 29 heavy (non-hydrogen) atoms. The Morgan fingerprint density at radius 2 is 2.03 bits per heavy atom. The normalized spacial score (nSPS) is 12.1. The number of fused-ring (bicyclic) bond motifs is 1. The summed E-state index contributed by atoms with van der Waals surface area (Å²) in [4.78, 5) is 16.5. The Morgan fingerprint density at radius 1 is 1.24 bits per heavy atom. The predicted molar refractivity (Wildman–Crippen MR) is 112 cm³/mol. The van der Waals surface area contributed by atoms with Gasteiger partial charge in [0.15, 0.2) is 0 Å². The lowest BCUT2D eigenvalue weighted by molar-refractivity contribution is -0.122. The van der Waals surface area contributed by atoms with E-state index < -0.39 is 6.04 Å². The number of amides is 1. The first-order valence-corrected chi connectivity index (χ1v) is 9.85. The number of aromatic nitrogens is 2. The number of imidazole rings is 1. The van der Waals surface area contributed by atoms with E-state index in [0.29, 0.717) is 32.9 Å². The van der Waals surface area contributed by atoms with E-state index in [4.69, 9.17) is 15.2 Å². The first-order chi connectivity index (χ1) is 14.1. The number of nitrogens with two attached hydrogens (primary N) is 1. The molecule has 3 aromatic rings. The summed E-state index contributed by atoms with van der Waals surface area (Å²) in [5.41, 5.74) is 8.54. The van der Waals surface area contributed by atoms with E-state index >= 15 is 0 Å². The summed E-state index contributed by atoms with van der Waals surface area (Å²) in [6.07, 6.45) is 0. The second-order valence-electron chi connectivity index (χ2n) is 6.81. The van der Waals surface area contributed by atoms with E-state index in [2.05, 4.69) is 14.9 Å². The fourth-order valence-electron chi connectivity index (χ4n) is 2.99. The van der Waals surface area contributed by atoms with Gasteiger partial charge in [0, 0.05) is 19.2 Å². The minimum Gasteiger partial charge on any atom is -0.489 e. The van der Waals surface area contributed by atoms with Crippen LogP contribution in [-0.2, 0) is 29.2 Å². The average molecular weight is 396 g/mol. The molecule has 7 nitrogen and oxygen atoms in total. The highest BCUT2D eigenvalue weighted by molar-refractivity contribution is 5.81. The first-order valence-electron chi connectivity index (χ1n) is 9.85. The molecule has 1 atom stereocenters. The molecule has 3 N–H and O–H groups in total. The zero-order chi connectivity index (χ0) is 20.6. The van der Waals surface area contributed by atoms with Gasteiger partial charge in [0.05, 0.1) is 30.2 Å². The molecule has 0 spiro atoms. The Balaban J connectivity index is 1.81. The monoisotopic (exact) mass is 396 g/mol. The van der Waals surface area contributed by atoms with Crippen molar-refractivity contribution in [1.82, 2.24) is 14.9 Å². The lowest BCUT2D eigenvalue weighted by atomic mass is 10.2. The van der Waals surface area contributed by atoms with Crippen molar-refractivity contribution >= 4 is 16.9 Å². The van der Waals surface area contributed by atoms with Gasteiger partial charge in [0.1, 0.15) is 18.2 Å². The molecule has 0 aliphatic rings. The van der Waals surface area contributed by atoms with Crippen LogP contribution in [0.4, 0.5) is 0 Å². The Kier molecular flexibility index (Phi) is 7.21. The molecule has 0 unspecified atom stereocenters. The van der Waals surface area contributed by atoms with Gasteiger partial charge in [-0.15, -0.1) is 0 Å². The van der Waals surface area contributed by atoms with Gasteiger partial charge in [-0.2, -0.15) is 0 Å². The van der Waals surface area contributed by atoms with E-state index in [1.54, 1.807) is 6.92 Å². The van der Waals surface area contributed by atoms with Crippen LogP contribution in [0.5, 0.6) is 5.75 Å². The number of nitrogens with zero attached hydrogens (tertiary/aromatic N) is 2. The van der Waals surface area contributed by atoms with Crippen LogP contribution in [0.25, 0.3) is 11.0 Å². The molecular weight excluding hydrogens is 368 g/mol. The Hall–Kier alpha value is -2.90. The van der Waals surface area contributed by atoms with E-state index in [-0.39, 0.29) is 5.91 Å². The Labute approximate surface area is 170 Å². The summed E-state index contributed by atoms with van der Waals surface area (Å²) in [7, 11) is 0. The number of rotatable bonds is 10. The van der Waals surface area contributed by atoms with E-state index in [0.717, 1.165) is 28.2 Å². The van der Waals surface area contributed by atoms with Gasteiger partial charge in [-0.3, -0.25) is 4.79 Å². The molecule has 0 bridgehead atoms. The first kappa shape index (κ1) is 20.8. The highest BCUT2D eigenvalue weighted by Gasteiger charge is 2.14. The molecule has 0 saturated carbocycles. The Morgan fingerprint density at radius 3 is 2.76 bits per heavy atom. The quantitative estimate of drug-likeness (QED) is 0.514. The fraction of sp³-hybridized carbons (Fsp3) is 0.364. The smallest absolute Gasteiger partial charge is 0.237 e. The van der Waals surface area contributed by atoms with Crippen molar-refractivity contribution in [2.45, 2.75) is 39.6 Å². The molecule has 7 heteroatoms. The fourth-order valence-corrected chi connectivity index (χ4v) is 2.99. The molecule has 3 rings (SSSR count). The number of benzene rings is 2. The van der Waals surface area contributed by atoms with Gasteiger partial charge >= 0.3 is 0 Å². The second-order valence-corrected chi connectivity index (χ2v) is 6.81. The minimum atomic E-state index is -0.561. The number of carbonyl (C=O) groups excluding carboxylic acids is 1. The third-order valence-electron chi connectivity index (χ3n) is 4.54. The summed E-state index contributed by atoms with van der Waals surface area (Å²) < 4.78 is 13.5. The maximum absolute atomic E-state index is 11.9. The third kappa shape index (κ3) is 5.56. The minimum absolute atomic E-state index is 0.208. The van der Waals surface area contributed by atoms with Gasteiger partial charge in [-0.25, -0.2) is 4.98 Å². The number of carbonyl (C=O) groups is 1. The molecule has 0 fully saturated rings. The van der Waals surface area contributed by atoms with Crippen molar-refractivity contribution in [2.75, 3.05) is 13.2 Å². The summed E-state index contributed by atoms with van der Waals surface area (Å²) in [5.74, 6) is 1.32. The summed E-state index contributed by atoms with van der Waals surface area (Å²) in [6.45, 7) is 6.27. The van der Waals surface area contributed by atoms with Crippen molar-refractivity contribution in [3.63, 3.8) is 0 Å². The highest BCUT2D eigenvalue weighted by atomic mass is 16.5. The maximum atomic E-state index is 11.9. The third-order valence-corrected chi connectivity index (χ3v) is 4.54. The molecule has 0 radical (unpaired) electrons. The number of nitrogens with one attached hydrogen (secondary N) is 1. The largest absolute Gasteiger partial charge is 0.489 e. The average Bonchev–Trinajstić information content (AvgIpc) is 3.08. The molecule has 0 aliphatic heterocycles. The summed E-state index contributed by atoms with van der Waals surface area (Å²) in [6, 6.07) is 15.3.